The molecule has 0 aliphatic carbocycles. The van der Waals surface area contributed by atoms with E-state index in [-0.39, 0.29) is 11.5 Å². The van der Waals surface area contributed by atoms with E-state index in [0.29, 0.717) is 42.1 Å². The predicted molar refractivity (Wildman–Crippen MR) is 91.9 cm³/mol. The Kier molecular flexibility index (Phi) is 3.87. The van der Waals surface area contributed by atoms with Crippen LogP contribution in [0.15, 0.2) is 47.4 Å². The zero-order chi connectivity index (χ0) is 16.5. The molecule has 0 radical (unpaired) electrons. The van der Waals surface area contributed by atoms with Crippen LogP contribution in [0, 0.1) is 0 Å². The van der Waals surface area contributed by atoms with Crippen molar-refractivity contribution in [2.24, 2.45) is 0 Å². The molecule has 4 rings (SSSR count). The summed E-state index contributed by atoms with van der Waals surface area (Å²) in [5.74, 6) is -0.00444. The van der Waals surface area contributed by atoms with Crippen molar-refractivity contribution in [1.29, 1.82) is 0 Å². The third-order valence-electron chi connectivity index (χ3n) is 4.01. The van der Waals surface area contributed by atoms with E-state index < -0.39 is 0 Å². The number of nitrogens with zero attached hydrogens (tertiary/aromatic N) is 3. The van der Waals surface area contributed by atoms with Crippen molar-refractivity contribution < 1.29 is 9.53 Å². The standard InChI is InChI=1S/C17H15N3O3S/c21-16(19-8-10-23-11-9-19)12-3-5-13(6-4-12)20-17(22)14-2-1-7-18-15(14)24-20/h1-7H,8-11H2. The minimum atomic E-state index is -0.0876. The maximum absolute atomic E-state index is 12.4. The summed E-state index contributed by atoms with van der Waals surface area (Å²) in [6.07, 6.45) is 1.67. The number of aromatic nitrogens is 2. The van der Waals surface area contributed by atoms with Crippen LogP contribution in [0.25, 0.3) is 15.9 Å². The predicted octanol–water partition coefficient (Wildman–Crippen LogP) is 1.92. The maximum atomic E-state index is 12.4. The Labute approximate surface area is 142 Å². The van der Waals surface area contributed by atoms with E-state index in [4.69, 9.17) is 4.74 Å². The number of carbonyl (C=O) groups is 1. The molecule has 1 fully saturated rings. The van der Waals surface area contributed by atoms with E-state index in [2.05, 4.69) is 4.98 Å². The number of fused-ring (bicyclic) bond motifs is 1. The van der Waals surface area contributed by atoms with Crippen molar-refractivity contribution in [3.05, 3.63) is 58.5 Å². The average Bonchev–Trinajstić information content (AvgIpc) is 2.99. The summed E-state index contributed by atoms with van der Waals surface area (Å²) in [6, 6.07) is 10.6. The van der Waals surface area contributed by atoms with E-state index in [1.165, 1.54) is 11.5 Å². The van der Waals surface area contributed by atoms with Crippen molar-refractivity contribution in [3.8, 4) is 5.69 Å². The molecule has 2 aromatic heterocycles. The summed E-state index contributed by atoms with van der Waals surface area (Å²) in [5, 5.41) is 0.607. The van der Waals surface area contributed by atoms with Crippen LogP contribution < -0.4 is 5.56 Å². The molecule has 0 atom stereocenters. The number of benzene rings is 1. The lowest BCUT2D eigenvalue weighted by Crippen LogP contribution is -2.40. The number of rotatable bonds is 2. The largest absolute Gasteiger partial charge is 0.378 e. The Bertz CT molecular complexity index is 940. The zero-order valence-corrected chi connectivity index (χ0v) is 13.7. The molecule has 24 heavy (non-hydrogen) atoms. The number of hydrogen-bond acceptors (Lipinski definition) is 5. The van der Waals surface area contributed by atoms with Gasteiger partial charge in [0, 0.05) is 24.8 Å². The lowest BCUT2D eigenvalue weighted by atomic mass is 10.1. The van der Waals surface area contributed by atoms with E-state index in [1.807, 2.05) is 0 Å². The molecule has 0 N–H and O–H groups in total. The van der Waals surface area contributed by atoms with E-state index >= 15 is 0 Å². The van der Waals surface area contributed by atoms with Crippen LogP contribution >= 0.6 is 11.5 Å². The third kappa shape index (κ3) is 2.61. The number of ether oxygens (including phenoxy) is 1. The molecule has 0 saturated carbocycles. The van der Waals surface area contributed by atoms with Crippen LogP contribution in [0.4, 0.5) is 0 Å². The van der Waals surface area contributed by atoms with Crippen molar-refractivity contribution in [2.45, 2.75) is 0 Å². The van der Waals surface area contributed by atoms with Crippen molar-refractivity contribution >= 4 is 27.7 Å². The minimum absolute atomic E-state index is 0.00444. The summed E-state index contributed by atoms with van der Waals surface area (Å²) in [5.41, 5.74) is 1.27. The quantitative estimate of drug-likeness (QED) is 0.714. The summed E-state index contributed by atoms with van der Waals surface area (Å²) in [4.78, 5) is 31.6. The Morgan fingerprint density at radius 3 is 2.58 bits per heavy atom. The van der Waals surface area contributed by atoms with Gasteiger partial charge in [0.2, 0.25) is 0 Å². The fourth-order valence-electron chi connectivity index (χ4n) is 2.72. The highest BCUT2D eigenvalue weighted by Gasteiger charge is 2.18. The topological polar surface area (TPSA) is 64.4 Å². The highest BCUT2D eigenvalue weighted by Crippen LogP contribution is 2.18. The summed E-state index contributed by atoms with van der Waals surface area (Å²) >= 11 is 1.30. The molecule has 1 aliphatic heterocycles. The maximum Gasteiger partial charge on any atom is 0.274 e. The molecule has 7 heteroatoms. The molecule has 3 aromatic rings. The zero-order valence-electron chi connectivity index (χ0n) is 12.8. The molecule has 6 nitrogen and oxygen atoms in total. The number of morpholine rings is 1. The molecular weight excluding hydrogens is 326 g/mol. The molecule has 3 heterocycles. The second-order valence-corrected chi connectivity index (χ2v) is 6.43. The van der Waals surface area contributed by atoms with Gasteiger partial charge in [0.15, 0.2) is 0 Å². The van der Waals surface area contributed by atoms with E-state index in [9.17, 15) is 9.59 Å². The Hall–Kier alpha value is -2.51. The van der Waals surface area contributed by atoms with Gasteiger partial charge >= 0.3 is 0 Å². The molecule has 0 spiro atoms. The first-order chi connectivity index (χ1) is 11.7. The fraction of sp³-hybridized carbons (Fsp3) is 0.235. The van der Waals surface area contributed by atoms with Gasteiger partial charge < -0.3 is 9.64 Å². The van der Waals surface area contributed by atoms with Gasteiger partial charge in [-0.1, -0.05) is 0 Å². The van der Waals surface area contributed by atoms with Crippen LogP contribution in [-0.2, 0) is 4.74 Å². The molecule has 122 valence electrons. The molecule has 0 bridgehead atoms. The van der Waals surface area contributed by atoms with Crippen molar-refractivity contribution in [2.75, 3.05) is 26.3 Å². The first kappa shape index (κ1) is 15.0. The Morgan fingerprint density at radius 1 is 1.12 bits per heavy atom. The number of amides is 1. The fourth-order valence-corrected chi connectivity index (χ4v) is 3.67. The average molecular weight is 341 g/mol. The molecule has 1 aliphatic rings. The van der Waals surface area contributed by atoms with Crippen molar-refractivity contribution in [3.63, 3.8) is 0 Å². The molecule has 0 unspecified atom stereocenters. The second kappa shape index (κ2) is 6.18. The van der Waals surface area contributed by atoms with Gasteiger partial charge in [-0.15, -0.1) is 0 Å². The SMILES string of the molecule is O=C(c1ccc(-n2sc3ncccc3c2=O)cc1)N1CCOCC1. The normalized spacial score (nSPS) is 14.9. The van der Waals surface area contributed by atoms with Crippen LogP contribution in [0.1, 0.15) is 10.4 Å². The first-order valence-electron chi connectivity index (χ1n) is 7.68. The lowest BCUT2D eigenvalue weighted by Gasteiger charge is -2.26. The number of pyridine rings is 1. The summed E-state index contributed by atoms with van der Waals surface area (Å²) in [7, 11) is 0. The van der Waals surface area contributed by atoms with Gasteiger partial charge in [0.05, 0.1) is 24.3 Å². The van der Waals surface area contributed by atoms with E-state index in [0.717, 1.165) is 5.69 Å². The van der Waals surface area contributed by atoms with Crippen LogP contribution in [-0.4, -0.2) is 46.1 Å². The van der Waals surface area contributed by atoms with E-state index in [1.54, 1.807) is 51.5 Å². The second-order valence-electron chi connectivity index (χ2n) is 5.50. The molecule has 1 saturated heterocycles. The monoisotopic (exact) mass is 341 g/mol. The van der Waals surface area contributed by atoms with Gasteiger partial charge in [-0.05, 0) is 47.9 Å². The van der Waals surface area contributed by atoms with Gasteiger partial charge in [0.1, 0.15) is 4.83 Å². The van der Waals surface area contributed by atoms with Gasteiger partial charge in [-0.25, -0.2) is 8.94 Å². The number of hydrogen-bond donors (Lipinski definition) is 0. The van der Waals surface area contributed by atoms with Gasteiger partial charge in [-0.3, -0.25) is 9.59 Å². The molecule has 1 amide bonds. The molecular formula is C17H15N3O3S. The van der Waals surface area contributed by atoms with Crippen LogP contribution in [0.3, 0.4) is 0 Å². The van der Waals surface area contributed by atoms with Crippen LogP contribution in [0.5, 0.6) is 0 Å². The lowest BCUT2D eigenvalue weighted by molar-refractivity contribution is 0.0303. The van der Waals surface area contributed by atoms with Gasteiger partial charge in [-0.2, -0.15) is 0 Å². The smallest absolute Gasteiger partial charge is 0.274 e. The first-order valence-corrected chi connectivity index (χ1v) is 8.46. The number of carbonyl (C=O) groups excluding carboxylic acids is 1. The summed E-state index contributed by atoms with van der Waals surface area (Å²) < 4.78 is 6.87. The minimum Gasteiger partial charge on any atom is -0.378 e. The van der Waals surface area contributed by atoms with Crippen LogP contribution in [0.2, 0.25) is 0 Å². The molecule has 1 aromatic carbocycles. The Morgan fingerprint density at radius 2 is 1.88 bits per heavy atom. The summed E-state index contributed by atoms with van der Waals surface area (Å²) in [6.45, 7) is 2.38. The third-order valence-corrected chi connectivity index (χ3v) is 5.07. The van der Waals surface area contributed by atoms with Crippen molar-refractivity contribution in [1.82, 2.24) is 13.8 Å². The highest BCUT2D eigenvalue weighted by atomic mass is 32.1. The van der Waals surface area contributed by atoms with Gasteiger partial charge in [0.25, 0.3) is 11.5 Å². The highest BCUT2D eigenvalue weighted by molar-refractivity contribution is 7.13. The Balaban J connectivity index is 1.64.